The van der Waals surface area contributed by atoms with Gasteiger partial charge in [-0.3, -0.25) is 9.78 Å². The Labute approximate surface area is 207 Å². The minimum absolute atomic E-state index is 0.113. The maximum atomic E-state index is 12.5. The number of nitrogens with one attached hydrogen (secondary N) is 1. The van der Waals surface area contributed by atoms with Crippen molar-refractivity contribution in [2.24, 2.45) is 0 Å². The van der Waals surface area contributed by atoms with Crippen LogP contribution in [0.5, 0.6) is 11.5 Å². The molecule has 5 rings (SSSR count). The summed E-state index contributed by atoms with van der Waals surface area (Å²) in [6.45, 7) is 2.60. The Bertz CT molecular complexity index is 1470. The third kappa shape index (κ3) is 5.30. The number of rotatable bonds is 9. The lowest BCUT2D eigenvalue weighted by Crippen LogP contribution is -2.20. The number of hydrogen-bond acceptors (Lipinski definition) is 7. The predicted octanol–water partition coefficient (Wildman–Crippen LogP) is 4.66. The maximum absolute atomic E-state index is 12.5. The number of benzene rings is 2. The summed E-state index contributed by atoms with van der Waals surface area (Å²) in [5.74, 6) is 1.66. The van der Waals surface area contributed by atoms with Gasteiger partial charge in [0.1, 0.15) is 17.2 Å². The summed E-state index contributed by atoms with van der Waals surface area (Å²) < 4.78 is 12.8. The van der Waals surface area contributed by atoms with Crippen molar-refractivity contribution in [1.29, 1.82) is 0 Å². The number of pyridine rings is 1. The smallest absolute Gasteiger partial charge is 0.262 e. The molecule has 9 heteroatoms. The summed E-state index contributed by atoms with van der Waals surface area (Å²) in [6, 6.07) is 24.0. The number of carbonyl (C=O) groups is 1. The summed E-state index contributed by atoms with van der Waals surface area (Å²) in [6.07, 6.45) is 2.64. The number of nitrogens with zero attached hydrogens (tertiary/aromatic N) is 5. The van der Waals surface area contributed by atoms with E-state index < -0.39 is 0 Å². The van der Waals surface area contributed by atoms with Crippen molar-refractivity contribution in [2.75, 3.05) is 18.5 Å². The van der Waals surface area contributed by atoms with Gasteiger partial charge in [0.25, 0.3) is 5.91 Å². The molecule has 0 fully saturated rings. The molecule has 36 heavy (non-hydrogen) atoms. The van der Waals surface area contributed by atoms with Crippen LogP contribution >= 0.6 is 0 Å². The molecule has 180 valence electrons. The van der Waals surface area contributed by atoms with Crippen LogP contribution in [0.1, 0.15) is 13.3 Å². The van der Waals surface area contributed by atoms with E-state index in [2.05, 4.69) is 27.4 Å². The molecule has 1 amide bonds. The monoisotopic (exact) mass is 480 g/mol. The molecule has 0 saturated heterocycles. The Morgan fingerprint density at radius 1 is 0.889 bits per heavy atom. The largest absolute Gasteiger partial charge is 0.494 e. The first-order valence-corrected chi connectivity index (χ1v) is 11.6. The molecule has 0 aliphatic carbocycles. The van der Waals surface area contributed by atoms with Crippen LogP contribution in [-0.2, 0) is 4.79 Å². The lowest BCUT2D eigenvalue weighted by Gasteiger charge is -2.10. The molecule has 0 radical (unpaired) electrons. The van der Waals surface area contributed by atoms with Gasteiger partial charge in [-0.25, -0.2) is 0 Å². The first-order chi connectivity index (χ1) is 17.7. The molecular formula is C27H24N6O3. The number of amides is 1. The van der Waals surface area contributed by atoms with Crippen LogP contribution in [0.15, 0.2) is 85.1 Å². The van der Waals surface area contributed by atoms with E-state index >= 15 is 0 Å². The lowest BCUT2D eigenvalue weighted by atomic mass is 10.1. The van der Waals surface area contributed by atoms with E-state index in [4.69, 9.17) is 14.6 Å². The lowest BCUT2D eigenvalue weighted by molar-refractivity contribution is -0.118. The molecule has 0 atom stereocenters. The second-order valence-electron chi connectivity index (χ2n) is 7.96. The van der Waals surface area contributed by atoms with Crippen molar-refractivity contribution in [3.05, 3.63) is 85.1 Å². The summed E-state index contributed by atoms with van der Waals surface area (Å²) >= 11 is 0. The highest BCUT2D eigenvalue weighted by Crippen LogP contribution is 2.23. The Balaban J connectivity index is 1.26. The van der Waals surface area contributed by atoms with E-state index in [1.807, 2.05) is 66.7 Å². The van der Waals surface area contributed by atoms with Crippen molar-refractivity contribution in [3.63, 3.8) is 0 Å². The zero-order valence-corrected chi connectivity index (χ0v) is 19.7. The van der Waals surface area contributed by atoms with Gasteiger partial charge in [-0.15, -0.1) is 10.2 Å². The fraction of sp³-hybridized carbons (Fsp3) is 0.148. The van der Waals surface area contributed by atoms with Gasteiger partial charge in [0.2, 0.25) is 5.82 Å². The first kappa shape index (κ1) is 23.0. The second-order valence-corrected chi connectivity index (χ2v) is 7.96. The molecule has 1 N–H and O–H groups in total. The quantitative estimate of drug-likeness (QED) is 0.327. The van der Waals surface area contributed by atoms with E-state index in [0.717, 1.165) is 17.7 Å². The zero-order valence-electron chi connectivity index (χ0n) is 19.7. The fourth-order valence-electron chi connectivity index (χ4n) is 3.55. The highest BCUT2D eigenvalue weighted by molar-refractivity contribution is 5.92. The number of carbonyl (C=O) groups excluding carboxylic acids is 1. The SMILES string of the molecule is CCCOc1ccc(OCC(=O)Nc2cccc(-c3ccc4nnc(-c5ccccn5)n4n3)c2)cc1. The Morgan fingerprint density at radius 3 is 2.50 bits per heavy atom. The van der Waals surface area contributed by atoms with Gasteiger partial charge >= 0.3 is 0 Å². The van der Waals surface area contributed by atoms with E-state index in [1.165, 1.54) is 0 Å². The minimum Gasteiger partial charge on any atom is -0.494 e. The Hall–Kier alpha value is -4.79. The number of hydrogen-bond donors (Lipinski definition) is 1. The molecule has 2 aromatic carbocycles. The molecule has 0 aliphatic rings. The van der Waals surface area contributed by atoms with Gasteiger partial charge < -0.3 is 14.8 Å². The Kier molecular flexibility index (Phi) is 6.79. The minimum atomic E-state index is -0.266. The van der Waals surface area contributed by atoms with Gasteiger partial charge in [0.15, 0.2) is 12.3 Å². The summed E-state index contributed by atoms with van der Waals surface area (Å²) in [5, 5.41) is 16.0. The average molecular weight is 481 g/mol. The molecule has 0 spiro atoms. The molecular weight excluding hydrogens is 456 g/mol. The molecule has 9 nitrogen and oxygen atoms in total. The van der Waals surface area contributed by atoms with E-state index in [-0.39, 0.29) is 12.5 Å². The molecule has 0 unspecified atom stereocenters. The predicted molar refractivity (Wildman–Crippen MR) is 136 cm³/mol. The highest BCUT2D eigenvalue weighted by atomic mass is 16.5. The van der Waals surface area contributed by atoms with Crippen LogP contribution in [0.25, 0.3) is 28.4 Å². The second kappa shape index (κ2) is 10.6. The van der Waals surface area contributed by atoms with Crippen molar-refractivity contribution in [2.45, 2.75) is 13.3 Å². The van der Waals surface area contributed by atoms with Crippen LogP contribution in [0.2, 0.25) is 0 Å². The van der Waals surface area contributed by atoms with Crippen molar-refractivity contribution >= 4 is 17.2 Å². The molecule has 0 bridgehead atoms. The molecule has 3 aromatic heterocycles. The van der Waals surface area contributed by atoms with Crippen molar-refractivity contribution in [3.8, 4) is 34.3 Å². The van der Waals surface area contributed by atoms with E-state index in [0.29, 0.717) is 40.9 Å². The zero-order chi connectivity index (χ0) is 24.7. The molecule has 0 aliphatic heterocycles. The van der Waals surface area contributed by atoms with Gasteiger partial charge in [-0.05, 0) is 67.1 Å². The maximum Gasteiger partial charge on any atom is 0.262 e. The van der Waals surface area contributed by atoms with E-state index in [1.54, 1.807) is 22.8 Å². The highest BCUT2D eigenvalue weighted by Gasteiger charge is 2.12. The number of ether oxygens (including phenoxy) is 2. The normalized spacial score (nSPS) is 10.8. The van der Waals surface area contributed by atoms with Gasteiger partial charge in [0, 0.05) is 17.4 Å². The molecule has 3 heterocycles. The third-order valence-electron chi connectivity index (χ3n) is 5.27. The third-order valence-corrected chi connectivity index (χ3v) is 5.27. The summed E-state index contributed by atoms with van der Waals surface area (Å²) in [7, 11) is 0. The fourth-order valence-corrected chi connectivity index (χ4v) is 3.55. The first-order valence-electron chi connectivity index (χ1n) is 11.6. The van der Waals surface area contributed by atoms with Gasteiger partial charge in [0.05, 0.1) is 12.3 Å². The van der Waals surface area contributed by atoms with Crippen LogP contribution in [-0.4, -0.2) is 43.9 Å². The van der Waals surface area contributed by atoms with Gasteiger partial charge in [-0.1, -0.05) is 25.1 Å². The van der Waals surface area contributed by atoms with E-state index in [9.17, 15) is 4.79 Å². The number of fused-ring (bicyclic) bond motifs is 1. The van der Waals surface area contributed by atoms with Crippen LogP contribution in [0, 0.1) is 0 Å². The topological polar surface area (TPSA) is 104 Å². The molecule has 5 aromatic rings. The van der Waals surface area contributed by atoms with Crippen LogP contribution < -0.4 is 14.8 Å². The molecule has 0 saturated carbocycles. The Morgan fingerprint density at radius 2 is 1.72 bits per heavy atom. The van der Waals surface area contributed by atoms with Gasteiger partial charge in [-0.2, -0.15) is 9.61 Å². The van der Waals surface area contributed by atoms with Crippen LogP contribution in [0.3, 0.4) is 0 Å². The average Bonchev–Trinajstić information content (AvgIpc) is 3.35. The van der Waals surface area contributed by atoms with Crippen molar-refractivity contribution < 1.29 is 14.3 Å². The summed E-state index contributed by atoms with van der Waals surface area (Å²) in [5.41, 5.74) is 3.47. The summed E-state index contributed by atoms with van der Waals surface area (Å²) in [4.78, 5) is 16.8. The van der Waals surface area contributed by atoms with Crippen molar-refractivity contribution in [1.82, 2.24) is 24.8 Å². The standard InChI is InChI=1S/C27H24N6O3/c1-2-16-35-21-9-11-22(12-10-21)36-18-26(34)29-20-7-5-6-19(17-20)23-13-14-25-30-31-27(33(25)32-23)24-8-3-4-15-28-24/h3-15,17H,2,16,18H2,1H3,(H,29,34). The number of aromatic nitrogens is 5. The number of anilines is 1. The van der Waals surface area contributed by atoms with Crippen LogP contribution in [0.4, 0.5) is 5.69 Å².